The molecular weight excluding hydrogens is 344 g/mol. The number of methoxy groups -OCH3 is 1. The van der Waals surface area contributed by atoms with Gasteiger partial charge in [-0.1, -0.05) is 6.42 Å². The fourth-order valence-corrected chi connectivity index (χ4v) is 3.16. The number of nitrogens with one attached hydrogen (secondary N) is 1. The van der Waals surface area contributed by atoms with Gasteiger partial charge in [0.1, 0.15) is 11.4 Å². The summed E-state index contributed by atoms with van der Waals surface area (Å²) in [6.07, 6.45) is 3.58. The average Bonchev–Trinajstić information content (AvgIpc) is 3.16. The molecule has 0 aliphatic heterocycles. The molecule has 0 saturated heterocycles. The predicted molar refractivity (Wildman–Crippen MR) is 96.3 cm³/mol. The third-order valence-corrected chi connectivity index (χ3v) is 4.48. The number of halogens is 1. The number of rotatable bonds is 5. The van der Waals surface area contributed by atoms with Gasteiger partial charge in [-0.25, -0.2) is 0 Å². The first-order chi connectivity index (χ1) is 11.6. The van der Waals surface area contributed by atoms with Crippen molar-refractivity contribution in [1.82, 2.24) is 20.2 Å². The number of ether oxygens (including phenoxy) is 1. The number of nitrogens with zero attached hydrogens (tertiary/aromatic N) is 4. The smallest absolute Gasteiger partial charge is 0.224 e. The highest BCUT2D eigenvalue weighted by atomic mass is 35.5. The van der Waals surface area contributed by atoms with Crippen LogP contribution < -0.4 is 15.8 Å². The van der Waals surface area contributed by atoms with Crippen molar-refractivity contribution in [3.63, 3.8) is 0 Å². The van der Waals surface area contributed by atoms with E-state index in [2.05, 4.69) is 20.8 Å². The number of carbonyl (C=O) groups excluding carboxylic acids is 1. The summed E-state index contributed by atoms with van der Waals surface area (Å²) < 4.78 is 6.93. The van der Waals surface area contributed by atoms with Crippen LogP contribution in [0, 0.1) is 12.8 Å². The van der Waals surface area contributed by atoms with E-state index in [9.17, 15) is 4.79 Å². The van der Waals surface area contributed by atoms with Gasteiger partial charge < -0.3 is 15.8 Å². The number of hydrogen-bond donors (Lipinski definition) is 2. The lowest BCUT2D eigenvalue weighted by Gasteiger charge is -2.15. The van der Waals surface area contributed by atoms with Crippen LogP contribution in [-0.4, -0.2) is 39.3 Å². The second-order valence-corrected chi connectivity index (χ2v) is 6.13. The zero-order valence-electron chi connectivity index (χ0n) is 14.3. The molecule has 1 amide bonds. The summed E-state index contributed by atoms with van der Waals surface area (Å²) in [5, 5.41) is 14.4. The van der Waals surface area contributed by atoms with E-state index in [1.54, 1.807) is 36.9 Å². The normalized spacial score (nSPS) is 19.3. The van der Waals surface area contributed by atoms with Gasteiger partial charge in [-0.2, -0.15) is 4.68 Å². The Balaban J connectivity index is 0.00000225. The highest BCUT2D eigenvalue weighted by molar-refractivity contribution is 5.91. The highest BCUT2D eigenvalue weighted by Gasteiger charge is 2.26. The monoisotopic (exact) mass is 366 g/mol. The Bertz CT molecular complexity index is 735. The van der Waals surface area contributed by atoms with E-state index in [-0.39, 0.29) is 30.3 Å². The molecule has 1 aliphatic rings. The van der Waals surface area contributed by atoms with Gasteiger partial charge in [-0.15, -0.1) is 17.5 Å². The molecule has 8 nitrogen and oxygen atoms in total. The number of aromatic nitrogens is 4. The molecule has 1 fully saturated rings. The molecule has 2 atom stereocenters. The van der Waals surface area contributed by atoms with Crippen LogP contribution in [0.5, 0.6) is 5.75 Å². The van der Waals surface area contributed by atoms with Crippen molar-refractivity contribution < 1.29 is 9.53 Å². The van der Waals surface area contributed by atoms with Crippen LogP contribution in [0.15, 0.2) is 18.2 Å². The Hall–Kier alpha value is -2.19. The summed E-state index contributed by atoms with van der Waals surface area (Å²) in [6, 6.07) is 5.52. The number of nitrogens with two attached hydrogens (primary N) is 1. The summed E-state index contributed by atoms with van der Waals surface area (Å²) in [5.41, 5.74) is 7.40. The summed E-state index contributed by atoms with van der Waals surface area (Å²) in [5.74, 6) is 1.50. The number of carbonyl (C=O) groups is 1. The van der Waals surface area contributed by atoms with Crippen LogP contribution in [0.2, 0.25) is 0 Å². The highest BCUT2D eigenvalue weighted by Crippen LogP contribution is 2.29. The van der Waals surface area contributed by atoms with Gasteiger partial charge in [0.15, 0.2) is 5.82 Å². The molecule has 2 aromatic rings. The molecule has 136 valence electrons. The Morgan fingerprint density at radius 2 is 2.24 bits per heavy atom. The first-order valence-corrected chi connectivity index (χ1v) is 8.07. The number of benzene rings is 1. The fraction of sp³-hybridized carbons (Fsp3) is 0.500. The molecule has 3 N–H and O–H groups in total. The minimum atomic E-state index is -0.0260. The summed E-state index contributed by atoms with van der Waals surface area (Å²) in [4.78, 5) is 12.3. The van der Waals surface area contributed by atoms with Crippen LogP contribution in [-0.2, 0) is 4.79 Å². The quantitative estimate of drug-likeness (QED) is 0.836. The SMILES string of the molecule is COc1ccc(NC(=O)C[C@@H]2CCC[C@H]2N)cc1-n1nnnc1C.Cl. The van der Waals surface area contributed by atoms with Gasteiger partial charge in [-0.05, 0) is 54.3 Å². The maximum absolute atomic E-state index is 12.3. The van der Waals surface area contributed by atoms with Gasteiger partial charge in [0.05, 0.1) is 7.11 Å². The number of hydrogen-bond acceptors (Lipinski definition) is 6. The number of anilines is 1. The minimum absolute atomic E-state index is 0. The van der Waals surface area contributed by atoms with Crippen LogP contribution in [0.25, 0.3) is 5.69 Å². The lowest BCUT2D eigenvalue weighted by molar-refractivity contribution is -0.117. The topological polar surface area (TPSA) is 108 Å². The van der Waals surface area contributed by atoms with Crippen molar-refractivity contribution in [1.29, 1.82) is 0 Å². The Morgan fingerprint density at radius 1 is 1.44 bits per heavy atom. The molecule has 1 heterocycles. The van der Waals surface area contributed by atoms with Crippen LogP contribution >= 0.6 is 12.4 Å². The van der Waals surface area contributed by atoms with Gasteiger partial charge in [0, 0.05) is 18.2 Å². The third kappa shape index (κ3) is 4.26. The van der Waals surface area contributed by atoms with Crippen molar-refractivity contribution in [2.45, 2.75) is 38.6 Å². The number of tetrazole rings is 1. The molecule has 1 aromatic heterocycles. The molecular formula is C16H23ClN6O2. The zero-order chi connectivity index (χ0) is 17.1. The largest absolute Gasteiger partial charge is 0.494 e. The molecule has 1 aliphatic carbocycles. The van der Waals surface area contributed by atoms with Crippen molar-refractivity contribution in [2.24, 2.45) is 11.7 Å². The molecule has 1 aromatic carbocycles. The number of aryl methyl sites for hydroxylation is 1. The molecule has 0 radical (unpaired) electrons. The summed E-state index contributed by atoms with van der Waals surface area (Å²) >= 11 is 0. The molecule has 3 rings (SSSR count). The average molecular weight is 367 g/mol. The fourth-order valence-electron chi connectivity index (χ4n) is 3.16. The Labute approximate surface area is 152 Å². The Morgan fingerprint density at radius 3 is 2.84 bits per heavy atom. The Kier molecular flexibility index (Phi) is 6.33. The first-order valence-electron chi connectivity index (χ1n) is 8.07. The van der Waals surface area contributed by atoms with Crippen molar-refractivity contribution in [3.05, 3.63) is 24.0 Å². The lowest BCUT2D eigenvalue weighted by Crippen LogP contribution is -2.28. The molecule has 0 unspecified atom stereocenters. The van der Waals surface area contributed by atoms with Gasteiger partial charge in [-0.3, -0.25) is 4.79 Å². The standard InChI is InChI=1S/C16H22N6O2.ClH/c1-10-19-20-21-22(10)14-9-12(6-7-15(14)24-2)18-16(23)8-11-4-3-5-13(11)17;/h6-7,9,11,13H,3-5,8,17H2,1-2H3,(H,18,23);1H/t11-,13+;/m0./s1. The molecule has 9 heteroatoms. The maximum Gasteiger partial charge on any atom is 0.224 e. The molecule has 0 spiro atoms. The maximum atomic E-state index is 12.3. The van der Waals surface area contributed by atoms with Crippen molar-refractivity contribution in [2.75, 3.05) is 12.4 Å². The minimum Gasteiger partial charge on any atom is -0.494 e. The zero-order valence-corrected chi connectivity index (χ0v) is 15.1. The second-order valence-electron chi connectivity index (χ2n) is 6.13. The van der Waals surface area contributed by atoms with Gasteiger partial charge in [0.25, 0.3) is 0 Å². The van der Waals surface area contributed by atoms with E-state index in [0.29, 0.717) is 29.4 Å². The van der Waals surface area contributed by atoms with Crippen LogP contribution in [0.1, 0.15) is 31.5 Å². The predicted octanol–water partition coefficient (Wildman–Crippen LogP) is 1.86. The van der Waals surface area contributed by atoms with E-state index in [0.717, 1.165) is 19.3 Å². The van der Waals surface area contributed by atoms with Gasteiger partial charge in [0.2, 0.25) is 5.91 Å². The molecule has 1 saturated carbocycles. The third-order valence-electron chi connectivity index (χ3n) is 4.48. The molecule has 25 heavy (non-hydrogen) atoms. The number of amides is 1. The summed E-state index contributed by atoms with van der Waals surface area (Å²) in [7, 11) is 1.58. The van der Waals surface area contributed by atoms with Crippen molar-refractivity contribution >= 4 is 24.0 Å². The summed E-state index contributed by atoms with van der Waals surface area (Å²) in [6.45, 7) is 1.80. The van der Waals surface area contributed by atoms with Crippen molar-refractivity contribution in [3.8, 4) is 11.4 Å². The van der Waals surface area contributed by atoms with E-state index >= 15 is 0 Å². The van der Waals surface area contributed by atoms with Gasteiger partial charge >= 0.3 is 0 Å². The lowest BCUT2D eigenvalue weighted by atomic mass is 10.00. The van der Waals surface area contributed by atoms with Crippen LogP contribution in [0.3, 0.4) is 0 Å². The van der Waals surface area contributed by atoms with E-state index < -0.39 is 0 Å². The van der Waals surface area contributed by atoms with Crippen LogP contribution in [0.4, 0.5) is 5.69 Å². The van der Waals surface area contributed by atoms with E-state index in [4.69, 9.17) is 10.5 Å². The first kappa shape index (κ1) is 19.1. The van der Waals surface area contributed by atoms with E-state index in [1.807, 2.05) is 0 Å². The molecule has 0 bridgehead atoms. The second kappa shape index (κ2) is 8.26. The van der Waals surface area contributed by atoms with E-state index in [1.165, 1.54) is 0 Å².